The van der Waals surface area contributed by atoms with Gasteiger partial charge in [-0.1, -0.05) is 0 Å². The number of nitrogens with zero attached hydrogens (tertiary/aromatic N) is 2. The van der Waals surface area contributed by atoms with Crippen LogP contribution >= 0.6 is 0 Å². The quantitative estimate of drug-likeness (QED) is 0.691. The topological polar surface area (TPSA) is 61.9 Å². The maximum atomic E-state index is 13.1. The molecule has 0 unspecified atom stereocenters. The SMILES string of the molecule is CCOc1c(C)cc(S(=O)(=O)NCCN2CCN(c3ccc(F)cc3)CC2)cc1C. The molecule has 0 spiro atoms. The van der Waals surface area contributed by atoms with Crippen LogP contribution in [-0.4, -0.2) is 59.2 Å². The zero-order chi connectivity index (χ0) is 21.7. The molecule has 2 aromatic carbocycles. The van der Waals surface area contributed by atoms with Crippen molar-refractivity contribution in [2.24, 2.45) is 0 Å². The van der Waals surface area contributed by atoms with Crippen molar-refractivity contribution >= 4 is 15.7 Å². The van der Waals surface area contributed by atoms with Gasteiger partial charge in [-0.25, -0.2) is 17.5 Å². The van der Waals surface area contributed by atoms with Crippen LogP contribution < -0.4 is 14.4 Å². The number of ether oxygens (including phenoxy) is 1. The molecule has 3 rings (SSSR count). The fraction of sp³-hybridized carbons (Fsp3) is 0.455. The van der Waals surface area contributed by atoms with Crippen molar-refractivity contribution < 1.29 is 17.5 Å². The number of aryl methyl sites for hydroxylation is 2. The Hall–Kier alpha value is -2.16. The smallest absolute Gasteiger partial charge is 0.240 e. The number of sulfonamides is 1. The van der Waals surface area contributed by atoms with Gasteiger partial charge in [-0.2, -0.15) is 0 Å². The fourth-order valence-electron chi connectivity index (χ4n) is 3.74. The summed E-state index contributed by atoms with van der Waals surface area (Å²) in [6.07, 6.45) is 0. The molecule has 0 atom stereocenters. The van der Waals surface area contributed by atoms with Gasteiger partial charge in [0, 0.05) is 45.0 Å². The Morgan fingerprint density at radius 1 is 1.03 bits per heavy atom. The zero-order valence-corrected chi connectivity index (χ0v) is 18.6. The highest BCUT2D eigenvalue weighted by Gasteiger charge is 2.20. The van der Waals surface area contributed by atoms with E-state index in [0.717, 1.165) is 48.7 Å². The van der Waals surface area contributed by atoms with E-state index in [1.54, 1.807) is 24.3 Å². The lowest BCUT2D eigenvalue weighted by molar-refractivity contribution is 0.262. The molecule has 1 aliphatic rings. The van der Waals surface area contributed by atoms with Gasteiger partial charge in [0.25, 0.3) is 0 Å². The summed E-state index contributed by atoms with van der Waals surface area (Å²) in [7, 11) is -3.57. The van der Waals surface area contributed by atoms with E-state index in [4.69, 9.17) is 4.74 Å². The van der Waals surface area contributed by atoms with Crippen LogP contribution in [0.1, 0.15) is 18.1 Å². The molecule has 2 aromatic rings. The molecular formula is C22H30FN3O3S. The average Bonchev–Trinajstić information content (AvgIpc) is 2.71. The monoisotopic (exact) mass is 435 g/mol. The Bertz CT molecular complexity index is 933. The van der Waals surface area contributed by atoms with E-state index in [1.165, 1.54) is 12.1 Å². The summed E-state index contributed by atoms with van der Waals surface area (Å²) < 4.78 is 46.8. The maximum absolute atomic E-state index is 13.1. The molecule has 1 saturated heterocycles. The minimum Gasteiger partial charge on any atom is -0.493 e. The van der Waals surface area contributed by atoms with E-state index in [0.29, 0.717) is 19.7 Å². The predicted molar refractivity (Wildman–Crippen MR) is 117 cm³/mol. The van der Waals surface area contributed by atoms with E-state index < -0.39 is 10.0 Å². The highest BCUT2D eigenvalue weighted by atomic mass is 32.2. The molecule has 0 amide bonds. The first-order chi connectivity index (χ1) is 14.3. The third-order valence-corrected chi connectivity index (χ3v) is 6.76. The molecule has 0 saturated carbocycles. The first-order valence-corrected chi connectivity index (χ1v) is 11.7. The largest absolute Gasteiger partial charge is 0.493 e. The van der Waals surface area contributed by atoms with Crippen molar-refractivity contribution in [3.63, 3.8) is 0 Å². The van der Waals surface area contributed by atoms with Gasteiger partial charge < -0.3 is 9.64 Å². The maximum Gasteiger partial charge on any atom is 0.240 e. The molecule has 0 aromatic heterocycles. The van der Waals surface area contributed by atoms with Crippen molar-refractivity contribution in [3.8, 4) is 5.75 Å². The van der Waals surface area contributed by atoms with Crippen LogP contribution in [0.5, 0.6) is 5.75 Å². The van der Waals surface area contributed by atoms with E-state index in [1.807, 2.05) is 20.8 Å². The second-order valence-electron chi connectivity index (χ2n) is 7.52. The van der Waals surface area contributed by atoms with Crippen LogP contribution in [0.3, 0.4) is 0 Å². The number of hydrogen-bond acceptors (Lipinski definition) is 5. The van der Waals surface area contributed by atoms with Gasteiger partial charge in [-0.15, -0.1) is 0 Å². The number of anilines is 1. The summed E-state index contributed by atoms with van der Waals surface area (Å²) in [5.41, 5.74) is 2.64. The summed E-state index contributed by atoms with van der Waals surface area (Å²) in [6, 6.07) is 9.84. The molecule has 0 aliphatic carbocycles. The first kappa shape index (κ1) is 22.5. The summed E-state index contributed by atoms with van der Waals surface area (Å²) in [6.45, 7) is 10.5. The zero-order valence-electron chi connectivity index (χ0n) is 17.8. The minimum absolute atomic E-state index is 0.234. The third-order valence-electron chi connectivity index (χ3n) is 5.32. The van der Waals surface area contributed by atoms with Gasteiger partial charge in [0.05, 0.1) is 11.5 Å². The van der Waals surface area contributed by atoms with Gasteiger partial charge in [0.15, 0.2) is 0 Å². The first-order valence-electron chi connectivity index (χ1n) is 10.3. The second-order valence-corrected chi connectivity index (χ2v) is 9.29. The summed E-state index contributed by atoms with van der Waals surface area (Å²) >= 11 is 0. The Balaban J connectivity index is 1.51. The molecule has 6 nitrogen and oxygen atoms in total. The molecule has 0 bridgehead atoms. The highest BCUT2D eigenvalue weighted by Crippen LogP contribution is 2.26. The lowest BCUT2D eigenvalue weighted by Crippen LogP contribution is -2.48. The van der Waals surface area contributed by atoms with Crippen LogP contribution in [0.2, 0.25) is 0 Å². The molecule has 1 aliphatic heterocycles. The molecule has 1 heterocycles. The number of benzene rings is 2. The van der Waals surface area contributed by atoms with E-state index in [2.05, 4.69) is 14.5 Å². The lowest BCUT2D eigenvalue weighted by Gasteiger charge is -2.36. The lowest BCUT2D eigenvalue weighted by atomic mass is 10.1. The van der Waals surface area contributed by atoms with Gasteiger partial charge >= 0.3 is 0 Å². The van der Waals surface area contributed by atoms with Gasteiger partial charge in [-0.3, -0.25) is 4.90 Å². The highest BCUT2D eigenvalue weighted by molar-refractivity contribution is 7.89. The molecule has 30 heavy (non-hydrogen) atoms. The molecule has 1 N–H and O–H groups in total. The minimum atomic E-state index is -3.57. The van der Waals surface area contributed by atoms with Crippen molar-refractivity contribution in [2.45, 2.75) is 25.7 Å². The van der Waals surface area contributed by atoms with Crippen molar-refractivity contribution in [2.75, 3.05) is 50.8 Å². The number of hydrogen-bond donors (Lipinski definition) is 1. The van der Waals surface area contributed by atoms with Gasteiger partial charge in [-0.05, 0) is 68.3 Å². The molecule has 8 heteroatoms. The number of nitrogens with one attached hydrogen (secondary N) is 1. The van der Waals surface area contributed by atoms with Crippen LogP contribution in [0.25, 0.3) is 0 Å². The molecular weight excluding hydrogens is 405 g/mol. The number of halogens is 1. The van der Waals surface area contributed by atoms with Crippen LogP contribution in [0, 0.1) is 19.7 Å². The van der Waals surface area contributed by atoms with Crippen molar-refractivity contribution in [1.82, 2.24) is 9.62 Å². The number of rotatable bonds is 8. The summed E-state index contributed by atoms with van der Waals surface area (Å²) in [4.78, 5) is 4.71. The Morgan fingerprint density at radius 3 is 2.20 bits per heavy atom. The van der Waals surface area contributed by atoms with Crippen molar-refractivity contribution in [1.29, 1.82) is 0 Å². The van der Waals surface area contributed by atoms with Crippen LogP contribution in [0.15, 0.2) is 41.3 Å². The van der Waals surface area contributed by atoms with E-state index in [-0.39, 0.29) is 10.7 Å². The van der Waals surface area contributed by atoms with E-state index in [9.17, 15) is 12.8 Å². The average molecular weight is 436 g/mol. The van der Waals surface area contributed by atoms with Gasteiger partial charge in [0.2, 0.25) is 10.0 Å². The van der Waals surface area contributed by atoms with E-state index >= 15 is 0 Å². The van der Waals surface area contributed by atoms with Crippen LogP contribution in [-0.2, 0) is 10.0 Å². The summed E-state index contributed by atoms with van der Waals surface area (Å²) in [5.74, 6) is 0.512. The summed E-state index contributed by atoms with van der Waals surface area (Å²) in [5, 5.41) is 0. The standard InChI is InChI=1S/C22H30FN3O3S/c1-4-29-22-17(2)15-21(16-18(22)3)30(27,28)24-9-10-25-11-13-26(14-12-25)20-7-5-19(23)6-8-20/h5-8,15-16,24H,4,9-14H2,1-3H3. The predicted octanol–water partition coefficient (Wildman–Crippen LogP) is 2.94. The molecule has 164 valence electrons. The Labute approximate surface area is 178 Å². The Morgan fingerprint density at radius 2 is 1.63 bits per heavy atom. The molecule has 1 fully saturated rings. The third kappa shape index (κ3) is 5.50. The second kappa shape index (κ2) is 9.76. The Kier molecular flexibility index (Phi) is 7.33. The van der Waals surface area contributed by atoms with Crippen LogP contribution in [0.4, 0.5) is 10.1 Å². The molecule has 0 radical (unpaired) electrons. The van der Waals surface area contributed by atoms with Gasteiger partial charge in [0.1, 0.15) is 11.6 Å². The fourth-order valence-corrected chi connectivity index (χ4v) is 4.93. The van der Waals surface area contributed by atoms with Crippen molar-refractivity contribution in [3.05, 3.63) is 53.3 Å². The number of piperazine rings is 1. The normalized spacial score (nSPS) is 15.4.